The zero-order valence-electron chi connectivity index (χ0n) is 17.6. The normalized spacial score (nSPS) is 24.3. The molecule has 2 aliphatic rings. The van der Waals surface area contributed by atoms with Crippen molar-refractivity contribution < 1.29 is 23.5 Å². The van der Waals surface area contributed by atoms with Crippen LogP contribution in [-0.2, 0) is 9.59 Å². The predicted molar refractivity (Wildman–Crippen MR) is 118 cm³/mol. The maximum Gasteiger partial charge on any atom is 0.245 e. The maximum absolute atomic E-state index is 13.5. The highest BCUT2D eigenvalue weighted by atomic mass is 19.1. The van der Waals surface area contributed by atoms with Gasteiger partial charge in [0.1, 0.15) is 23.8 Å². The molecule has 2 aromatic carbocycles. The van der Waals surface area contributed by atoms with Gasteiger partial charge in [-0.25, -0.2) is 8.78 Å². The molecule has 5 rings (SSSR count). The van der Waals surface area contributed by atoms with E-state index < -0.39 is 12.1 Å². The molecule has 170 valence electrons. The number of benzene rings is 2. The fraction of sp³-hybridized carbons (Fsp3) is 0.280. The van der Waals surface area contributed by atoms with Crippen LogP contribution in [-0.4, -0.2) is 40.6 Å². The largest absolute Gasteiger partial charge is 0.389 e. The maximum atomic E-state index is 13.5. The average molecular weight is 451 g/mol. The van der Waals surface area contributed by atoms with Gasteiger partial charge in [-0.05, 0) is 90.0 Å². The topological polar surface area (TPSA) is 94.2 Å². The molecular weight excluding hydrogens is 428 g/mol. The van der Waals surface area contributed by atoms with Crippen LogP contribution in [0.5, 0.6) is 0 Å². The fourth-order valence-corrected chi connectivity index (χ4v) is 4.56. The Kier molecular flexibility index (Phi) is 5.46. The number of rotatable bonds is 5. The summed E-state index contributed by atoms with van der Waals surface area (Å²) in [4.78, 5) is 27.8. The minimum Gasteiger partial charge on any atom is -0.389 e. The molecule has 2 atom stereocenters. The highest BCUT2D eigenvalue weighted by Crippen LogP contribution is 2.46. The minimum atomic E-state index is -0.926. The van der Waals surface area contributed by atoms with Gasteiger partial charge < -0.3 is 20.7 Å². The standard InChI is InChI=1S/C25H23F2N3O3/c26-17-5-1-13(2-6-17)20-11-19(22(29-20)14-3-7-18(27)8-4-14)15-9-16(10-15)24(32)30-23-21(31)12-28-25(23)33/h1-8,11,15-16,21,23,29,31H,9-10,12H2,(H,28,33)(H,30,32)/t15-,16+,21-,23+/m0/s1. The lowest BCUT2D eigenvalue weighted by atomic mass is 9.70. The quantitative estimate of drug-likeness (QED) is 0.480. The molecule has 2 fully saturated rings. The Labute approximate surface area is 189 Å². The van der Waals surface area contributed by atoms with Gasteiger partial charge in [0.2, 0.25) is 11.8 Å². The third-order valence-electron chi connectivity index (χ3n) is 6.54. The summed E-state index contributed by atoms with van der Waals surface area (Å²) >= 11 is 0. The number of aromatic amines is 1. The van der Waals surface area contributed by atoms with Crippen molar-refractivity contribution >= 4 is 11.8 Å². The molecule has 0 unspecified atom stereocenters. The van der Waals surface area contributed by atoms with Gasteiger partial charge in [-0.15, -0.1) is 0 Å². The fourth-order valence-electron chi connectivity index (χ4n) is 4.56. The summed E-state index contributed by atoms with van der Waals surface area (Å²) in [5, 5.41) is 15.1. The Bertz CT molecular complexity index is 1180. The second-order valence-corrected chi connectivity index (χ2v) is 8.69. The van der Waals surface area contributed by atoms with Crippen LogP contribution in [0.25, 0.3) is 22.5 Å². The van der Waals surface area contributed by atoms with E-state index in [2.05, 4.69) is 15.6 Å². The van der Waals surface area contributed by atoms with Gasteiger partial charge in [-0.2, -0.15) is 0 Å². The second kappa shape index (κ2) is 8.44. The van der Waals surface area contributed by atoms with Crippen LogP contribution in [0.4, 0.5) is 8.78 Å². The van der Waals surface area contributed by atoms with E-state index in [1.807, 2.05) is 6.07 Å². The van der Waals surface area contributed by atoms with Crippen LogP contribution in [0.15, 0.2) is 54.6 Å². The molecule has 3 aromatic rings. The number of β-amino-alcohol motifs (C(OH)–C–C–N with tert-alkyl or cyclic N) is 1. The van der Waals surface area contributed by atoms with Crippen LogP contribution < -0.4 is 10.6 Å². The van der Waals surface area contributed by atoms with E-state index in [-0.39, 0.29) is 41.8 Å². The molecule has 0 radical (unpaired) electrons. The number of aliphatic hydroxyl groups excluding tert-OH is 1. The third-order valence-corrected chi connectivity index (χ3v) is 6.54. The summed E-state index contributed by atoms with van der Waals surface area (Å²) in [5.74, 6) is -1.44. The summed E-state index contributed by atoms with van der Waals surface area (Å²) in [7, 11) is 0. The Balaban J connectivity index is 1.37. The lowest BCUT2D eigenvalue weighted by Gasteiger charge is -2.35. The molecule has 0 bridgehead atoms. The molecule has 2 heterocycles. The zero-order chi connectivity index (χ0) is 23.1. The Morgan fingerprint density at radius 2 is 1.58 bits per heavy atom. The molecule has 1 aromatic heterocycles. The van der Waals surface area contributed by atoms with Gasteiger partial charge in [0.25, 0.3) is 0 Å². The van der Waals surface area contributed by atoms with E-state index in [4.69, 9.17) is 0 Å². The molecule has 6 nitrogen and oxygen atoms in total. The first-order valence-corrected chi connectivity index (χ1v) is 10.9. The number of aliphatic hydroxyl groups is 1. The van der Waals surface area contributed by atoms with Crippen LogP contribution >= 0.6 is 0 Å². The number of nitrogens with one attached hydrogen (secondary N) is 3. The van der Waals surface area contributed by atoms with E-state index in [1.165, 1.54) is 24.3 Å². The summed E-state index contributed by atoms with van der Waals surface area (Å²) in [6.07, 6.45) is 0.251. The highest BCUT2D eigenvalue weighted by molar-refractivity contribution is 5.91. The summed E-state index contributed by atoms with van der Waals surface area (Å²) in [5.41, 5.74) is 4.29. The molecule has 33 heavy (non-hydrogen) atoms. The van der Waals surface area contributed by atoms with Crippen LogP contribution in [0, 0.1) is 17.6 Å². The number of carbonyl (C=O) groups is 2. The molecule has 1 saturated carbocycles. The van der Waals surface area contributed by atoms with Gasteiger partial charge in [-0.1, -0.05) is 0 Å². The van der Waals surface area contributed by atoms with Crippen molar-refractivity contribution in [3.63, 3.8) is 0 Å². The minimum absolute atomic E-state index is 0.0913. The van der Waals surface area contributed by atoms with E-state index in [9.17, 15) is 23.5 Å². The number of H-pyrrole nitrogens is 1. The molecule has 2 amide bonds. The predicted octanol–water partition coefficient (Wildman–Crippen LogP) is 3.10. The van der Waals surface area contributed by atoms with Crippen molar-refractivity contribution in [3.8, 4) is 22.5 Å². The van der Waals surface area contributed by atoms with E-state index in [0.29, 0.717) is 12.8 Å². The number of carbonyl (C=O) groups excluding carboxylic acids is 2. The number of hydrogen-bond acceptors (Lipinski definition) is 3. The number of aromatic nitrogens is 1. The van der Waals surface area contributed by atoms with Crippen LogP contribution in [0.2, 0.25) is 0 Å². The highest BCUT2D eigenvalue weighted by Gasteiger charge is 2.41. The Hall–Kier alpha value is -3.52. The lowest BCUT2D eigenvalue weighted by molar-refractivity contribution is -0.133. The summed E-state index contributed by atoms with van der Waals surface area (Å²) in [6.45, 7) is 0.133. The number of hydrogen-bond donors (Lipinski definition) is 4. The number of amides is 2. The van der Waals surface area contributed by atoms with Crippen LogP contribution in [0.1, 0.15) is 24.3 Å². The van der Waals surface area contributed by atoms with Gasteiger partial charge in [0.05, 0.1) is 0 Å². The zero-order valence-corrected chi connectivity index (χ0v) is 17.6. The first kappa shape index (κ1) is 21.3. The van der Waals surface area contributed by atoms with Crippen molar-refractivity contribution in [3.05, 3.63) is 71.8 Å². The van der Waals surface area contributed by atoms with E-state index in [0.717, 1.165) is 28.1 Å². The Morgan fingerprint density at radius 1 is 0.970 bits per heavy atom. The monoisotopic (exact) mass is 451 g/mol. The van der Waals surface area contributed by atoms with Crippen molar-refractivity contribution in [2.24, 2.45) is 5.92 Å². The molecular formula is C25H23F2N3O3. The van der Waals surface area contributed by atoms with Gasteiger partial charge in [0, 0.05) is 23.9 Å². The SMILES string of the molecule is O=C1NC[C@H](O)[C@H]1NC(=O)[C@H]1C[C@@H](c2cc(-c3ccc(F)cc3)[nH]c2-c2ccc(F)cc2)C1. The van der Waals surface area contributed by atoms with Crippen LogP contribution in [0.3, 0.4) is 0 Å². The van der Waals surface area contributed by atoms with Crippen molar-refractivity contribution in [2.45, 2.75) is 30.9 Å². The van der Waals surface area contributed by atoms with E-state index >= 15 is 0 Å². The number of halogens is 2. The second-order valence-electron chi connectivity index (χ2n) is 8.69. The summed E-state index contributed by atoms with van der Waals surface area (Å²) < 4.78 is 26.8. The van der Waals surface area contributed by atoms with Gasteiger partial charge in [-0.3, -0.25) is 9.59 Å². The molecule has 1 aliphatic heterocycles. The molecule has 8 heteroatoms. The van der Waals surface area contributed by atoms with Crippen molar-refractivity contribution in [1.82, 2.24) is 15.6 Å². The average Bonchev–Trinajstić information content (AvgIpc) is 3.33. The third kappa shape index (κ3) is 4.14. The first-order chi connectivity index (χ1) is 15.9. The molecule has 1 saturated heterocycles. The molecule has 1 aliphatic carbocycles. The first-order valence-electron chi connectivity index (χ1n) is 10.9. The smallest absolute Gasteiger partial charge is 0.245 e. The molecule has 0 spiro atoms. The van der Waals surface area contributed by atoms with Gasteiger partial charge in [0.15, 0.2) is 0 Å². The summed E-state index contributed by atoms with van der Waals surface area (Å²) in [6, 6.07) is 13.4. The molecule has 4 N–H and O–H groups in total. The Morgan fingerprint density at radius 3 is 2.15 bits per heavy atom. The lowest BCUT2D eigenvalue weighted by Crippen LogP contribution is -2.49. The van der Waals surface area contributed by atoms with Crippen molar-refractivity contribution in [2.75, 3.05) is 6.54 Å². The van der Waals surface area contributed by atoms with E-state index in [1.54, 1.807) is 24.3 Å². The van der Waals surface area contributed by atoms with Gasteiger partial charge >= 0.3 is 0 Å². The van der Waals surface area contributed by atoms with Crippen molar-refractivity contribution in [1.29, 1.82) is 0 Å².